The molecule has 0 heterocycles. The number of amides is 1. The predicted molar refractivity (Wildman–Crippen MR) is 53.9 cm³/mol. The van der Waals surface area contributed by atoms with Crippen molar-refractivity contribution in [3.63, 3.8) is 0 Å². The van der Waals surface area contributed by atoms with Crippen LogP contribution in [0.3, 0.4) is 0 Å². The molecule has 0 spiro atoms. The van der Waals surface area contributed by atoms with Crippen LogP contribution in [0.15, 0.2) is 18.2 Å². The molecule has 3 N–H and O–H groups in total. The molecule has 6 nitrogen and oxygen atoms in total. The van der Waals surface area contributed by atoms with E-state index in [4.69, 9.17) is 5.73 Å². The molecular formula is C7H6N3O3S-. The Morgan fingerprint density at radius 2 is 2.21 bits per heavy atom. The van der Waals surface area contributed by atoms with Crippen molar-refractivity contribution < 1.29 is 9.72 Å². The lowest BCUT2D eigenvalue weighted by Crippen LogP contribution is -2.05. The van der Waals surface area contributed by atoms with E-state index in [-0.39, 0.29) is 17.1 Å². The third-order valence-corrected chi connectivity index (χ3v) is 1.58. The first-order chi connectivity index (χ1) is 6.50. The van der Waals surface area contributed by atoms with E-state index in [2.05, 4.69) is 17.9 Å². The van der Waals surface area contributed by atoms with Gasteiger partial charge in [0.05, 0.1) is 4.92 Å². The van der Waals surface area contributed by atoms with E-state index in [9.17, 15) is 14.9 Å². The van der Waals surface area contributed by atoms with Gasteiger partial charge in [-0.25, -0.2) is 0 Å². The van der Waals surface area contributed by atoms with Gasteiger partial charge in [0.15, 0.2) is 0 Å². The predicted octanol–water partition coefficient (Wildman–Crippen LogP) is 1.26. The number of hydrogen-bond donors (Lipinski definition) is 2. The van der Waals surface area contributed by atoms with Gasteiger partial charge in [0.25, 0.3) is 5.69 Å². The normalized spacial score (nSPS) is 9.43. The zero-order chi connectivity index (χ0) is 10.7. The summed E-state index contributed by atoms with van der Waals surface area (Å²) < 4.78 is 0. The Morgan fingerprint density at radius 1 is 1.57 bits per heavy atom. The van der Waals surface area contributed by atoms with E-state index < -0.39 is 10.2 Å². The third kappa shape index (κ3) is 2.30. The fourth-order valence-electron chi connectivity index (χ4n) is 0.897. The van der Waals surface area contributed by atoms with Crippen LogP contribution in [-0.4, -0.2) is 10.2 Å². The smallest absolute Gasteiger partial charge is 0.294 e. The summed E-state index contributed by atoms with van der Waals surface area (Å²) in [5.41, 5.74) is 5.38. The number of nitro groups is 1. The molecule has 1 aromatic carbocycles. The number of nitrogens with two attached hydrogens (primary N) is 1. The number of benzene rings is 1. The number of nitrogens with zero attached hydrogens (tertiary/aromatic N) is 1. The Labute approximate surface area is 84.7 Å². The number of rotatable bonds is 2. The van der Waals surface area contributed by atoms with Gasteiger partial charge in [-0.05, 0) is 12.1 Å². The Morgan fingerprint density at radius 3 is 2.71 bits per heavy atom. The molecule has 0 unspecified atom stereocenters. The van der Waals surface area contributed by atoms with Crippen LogP contribution in [0.2, 0.25) is 0 Å². The lowest BCUT2D eigenvalue weighted by Gasteiger charge is -2.07. The molecule has 0 aliphatic heterocycles. The summed E-state index contributed by atoms with van der Waals surface area (Å²) in [5, 5.41) is 12.0. The van der Waals surface area contributed by atoms with Crippen LogP contribution in [0.25, 0.3) is 0 Å². The average molecular weight is 212 g/mol. The summed E-state index contributed by atoms with van der Waals surface area (Å²) in [6.45, 7) is 0. The molecule has 74 valence electrons. The summed E-state index contributed by atoms with van der Waals surface area (Å²) in [7, 11) is 0. The maximum atomic E-state index is 10.5. The number of nitro benzene ring substituents is 1. The zero-order valence-corrected chi connectivity index (χ0v) is 7.71. The minimum Gasteiger partial charge on any atom is -0.719 e. The van der Waals surface area contributed by atoms with Crippen LogP contribution in [0.1, 0.15) is 0 Å². The van der Waals surface area contributed by atoms with Crippen molar-refractivity contribution in [2.45, 2.75) is 0 Å². The third-order valence-electron chi connectivity index (χ3n) is 1.47. The van der Waals surface area contributed by atoms with E-state index in [1.165, 1.54) is 12.1 Å². The van der Waals surface area contributed by atoms with Gasteiger partial charge in [0.1, 0.15) is 10.9 Å². The monoisotopic (exact) mass is 212 g/mol. The number of carbonyl (C=O) groups excluding carboxylic acids is 1. The molecule has 7 heteroatoms. The largest absolute Gasteiger partial charge is 0.719 e. The summed E-state index contributed by atoms with van der Waals surface area (Å²) in [6, 6.07) is 3.92. The van der Waals surface area contributed by atoms with Crippen molar-refractivity contribution in [2.24, 2.45) is 0 Å². The molecule has 1 amide bonds. The average Bonchev–Trinajstić information content (AvgIpc) is 2.07. The molecule has 0 saturated carbocycles. The molecule has 0 fully saturated rings. The minimum atomic E-state index is -0.705. The molecule has 1 aromatic rings. The molecule has 0 aliphatic rings. The standard InChI is InChI=1S/C7H7N3O3S/c8-5-2-1-4(9-7(11)14)3-6(5)10(12)13/h1-3H,8H2,(H2,9,11,14)/p-1. The highest BCUT2D eigenvalue weighted by molar-refractivity contribution is 7.77. The van der Waals surface area contributed by atoms with Gasteiger partial charge in [0.2, 0.25) is 0 Å². The van der Waals surface area contributed by atoms with Gasteiger partial charge in [-0.1, -0.05) is 0 Å². The van der Waals surface area contributed by atoms with E-state index in [1.807, 2.05) is 0 Å². The van der Waals surface area contributed by atoms with E-state index in [0.29, 0.717) is 0 Å². The Bertz CT molecular complexity index is 394. The SMILES string of the molecule is Nc1ccc(NC(=O)[S-])cc1[N+](=O)[O-]. The molecule has 1 rings (SSSR count). The summed E-state index contributed by atoms with van der Waals surface area (Å²) in [5.74, 6) is 0. The van der Waals surface area contributed by atoms with E-state index in [1.54, 1.807) is 0 Å². The van der Waals surface area contributed by atoms with Crippen molar-refractivity contribution in [3.05, 3.63) is 28.3 Å². The molecule has 0 bridgehead atoms. The molecule has 0 aromatic heterocycles. The number of nitrogen functional groups attached to an aromatic ring is 1. The van der Waals surface area contributed by atoms with Gasteiger partial charge in [-0.2, -0.15) is 0 Å². The number of carbonyl (C=O) groups is 1. The molecule has 0 aliphatic carbocycles. The quantitative estimate of drug-likeness (QED) is 0.333. The molecule has 0 radical (unpaired) electrons. The second kappa shape index (κ2) is 3.88. The molecule has 14 heavy (non-hydrogen) atoms. The van der Waals surface area contributed by atoms with Crippen LogP contribution >= 0.6 is 0 Å². The second-order valence-electron chi connectivity index (χ2n) is 2.44. The molecule has 0 atom stereocenters. The van der Waals surface area contributed by atoms with Gasteiger partial charge >= 0.3 is 0 Å². The van der Waals surface area contributed by atoms with Crippen molar-refractivity contribution in [3.8, 4) is 0 Å². The van der Waals surface area contributed by atoms with Crippen LogP contribution in [0.5, 0.6) is 0 Å². The van der Waals surface area contributed by atoms with Gasteiger partial charge in [0, 0.05) is 11.8 Å². The highest BCUT2D eigenvalue weighted by atomic mass is 32.1. The van der Waals surface area contributed by atoms with Crippen LogP contribution in [-0.2, 0) is 12.6 Å². The summed E-state index contributed by atoms with van der Waals surface area (Å²) >= 11 is 4.25. The van der Waals surface area contributed by atoms with Crippen LogP contribution < -0.4 is 11.1 Å². The Balaban J connectivity index is 3.06. The fourth-order valence-corrected chi connectivity index (χ4v) is 1.02. The number of anilines is 2. The lowest BCUT2D eigenvalue weighted by molar-refractivity contribution is -0.383. The molecular weight excluding hydrogens is 206 g/mol. The highest BCUT2D eigenvalue weighted by Crippen LogP contribution is 2.24. The zero-order valence-electron chi connectivity index (χ0n) is 6.89. The van der Waals surface area contributed by atoms with Gasteiger partial charge in [-0.3, -0.25) is 10.1 Å². The van der Waals surface area contributed by atoms with Gasteiger partial charge < -0.3 is 28.5 Å². The van der Waals surface area contributed by atoms with Gasteiger partial charge in [-0.15, -0.1) is 0 Å². The number of hydrogen-bond acceptors (Lipinski definition) is 5. The lowest BCUT2D eigenvalue weighted by atomic mass is 10.2. The second-order valence-corrected chi connectivity index (χ2v) is 2.81. The first-order valence-electron chi connectivity index (χ1n) is 3.52. The Kier molecular flexibility index (Phi) is 2.82. The van der Waals surface area contributed by atoms with Crippen molar-refractivity contribution in [1.29, 1.82) is 0 Å². The fraction of sp³-hybridized carbons (Fsp3) is 0. The maximum absolute atomic E-state index is 10.5. The van der Waals surface area contributed by atoms with E-state index in [0.717, 1.165) is 6.07 Å². The molecule has 0 saturated heterocycles. The number of nitrogens with one attached hydrogen (secondary N) is 1. The first-order valence-corrected chi connectivity index (χ1v) is 3.93. The van der Waals surface area contributed by atoms with Crippen LogP contribution in [0, 0.1) is 10.1 Å². The van der Waals surface area contributed by atoms with Crippen molar-refractivity contribution >= 4 is 34.9 Å². The highest BCUT2D eigenvalue weighted by Gasteiger charge is 2.11. The van der Waals surface area contributed by atoms with Crippen molar-refractivity contribution in [2.75, 3.05) is 11.1 Å². The summed E-state index contributed by atoms with van der Waals surface area (Å²) in [6.07, 6.45) is 0. The van der Waals surface area contributed by atoms with Crippen LogP contribution in [0.4, 0.5) is 21.9 Å². The topological polar surface area (TPSA) is 98.3 Å². The minimum absolute atomic E-state index is 0.0392. The maximum Gasteiger partial charge on any atom is 0.294 e. The van der Waals surface area contributed by atoms with Crippen molar-refractivity contribution in [1.82, 2.24) is 0 Å². The summed E-state index contributed by atoms with van der Waals surface area (Å²) in [4.78, 5) is 20.3. The Hall–Kier alpha value is -1.89. The van der Waals surface area contributed by atoms with E-state index >= 15 is 0 Å². The first kappa shape index (κ1) is 10.2.